The summed E-state index contributed by atoms with van der Waals surface area (Å²) in [5.41, 5.74) is 0. The summed E-state index contributed by atoms with van der Waals surface area (Å²) >= 11 is 4.91. The molecule has 2 aromatic heterocycles. The standard InChI is InChI=1S/C8H6BrN3S/c9-6-2-1-3-10-7(6)13-8-11-4-5-12-8/h1-5H,(H,11,12). The summed E-state index contributed by atoms with van der Waals surface area (Å²) in [7, 11) is 0. The van der Waals surface area contributed by atoms with Crippen LogP contribution in [-0.2, 0) is 0 Å². The second-order valence-corrected chi connectivity index (χ2v) is 4.12. The van der Waals surface area contributed by atoms with Gasteiger partial charge in [-0.15, -0.1) is 0 Å². The van der Waals surface area contributed by atoms with E-state index in [0.717, 1.165) is 14.7 Å². The quantitative estimate of drug-likeness (QED) is 0.898. The lowest BCUT2D eigenvalue weighted by molar-refractivity contribution is 1.03. The topological polar surface area (TPSA) is 41.6 Å². The van der Waals surface area contributed by atoms with Crippen LogP contribution < -0.4 is 0 Å². The zero-order valence-corrected chi connectivity index (χ0v) is 8.97. The lowest BCUT2D eigenvalue weighted by atomic mass is 10.5. The van der Waals surface area contributed by atoms with E-state index in [2.05, 4.69) is 30.9 Å². The summed E-state index contributed by atoms with van der Waals surface area (Å²) in [6.07, 6.45) is 5.27. The van der Waals surface area contributed by atoms with Crippen molar-refractivity contribution in [1.29, 1.82) is 0 Å². The van der Waals surface area contributed by atoms with Crippen LogP contribution in [0.15, 0.2) is 45.4 Å². The second-order valence-electron chi connectivity index (χ2n) is 2.29. The lowest BCUT2D eigenvalue weighted by Crippen LogP contribution is -1.81. The minimum Gasteiger partial charge on any atom is -0.339 e. The number of rotatable bonds is 2. The molecule has 0 aliphatic carbocycles. The van der Waals surface area contributed by atoms with Gasteiger partial charge < -0.3 is 4.98 Å². The van der Waals surface area contributed by atoms with E-state index in [-0.39, 0.29) is 0 Å². The van der Waals surface area contributed by atoms with E-state index >= 15 is 0 Å². The molecule has 0 aliphatic rings. The van der Waals surface area contributed by atoms with Crippen LogP contribution in [0.4, 0.5) is 0 Å². The first kappa shape index (κ1) is 8.77. The maximum absolute atomic E-state index is 4.21. The number of aromatic amines is 1. The van der Waals surface area contributed by atoms with Crippen molar-refractivity contribution in [3.05, 3.63) is 35.2 Å². The Labute approximate surface area is 88.1 Å². The van der Waals surface area contributed by atoms with Crippen molar-refractivity contribution < 1.29 is 0 Å². The first-order valence-corrected chi connectivity index (χ1v) is 5.25. The van der Waals surface area contributed by atoms with E-state index in [4.69, 9.17) is 0 Å². The minimum absolute atomic E-state index is 0.847. The molecule has 0 amide bonds. The molecule has 0 bridgehead atoms. The zero-order chi connectivity index (χ0) is 9.10. The van der Waals surface area contributed by atoms with Gasteiger partial charge in [0.1, 0.15) is 5.03 Å². The maximum Gasteiger partial charge on any atom is 0.171 e. The van der Waals surface area contributed by atoms with Crippen molar-refractivity contribution in [2.45, 2.75) is 10.2 Å². The Hall–Kier alpha value is -0.810. The Bertz CT molecular complexity index is 388. The zero-order valence-electron chi connectivity index (χ0n) is 6.57. The summed E-state index contributed by atoms with van der Waals surface area (Å²) < 4.78 is 0.983. The largest absolute Gasteiger partial charge is 0.339 e. The average molecular weight is 256 g/mol. The molecule has 0 aromatic carbocycles. The third kappa shape index (κ3) is 2.10. The predicted octanol–water partition coefficient (Wildman–Crippen LogP) is 2.72. The van der Waals surface area contributed by atoms with E-state index in [1.165, 1.54) is 11.8 Å². The molecule has 13 heavy (non-hydrogen) atoms. The summed E-state index contributed by atoms with van der Waals surface area (Å²) in [6.45, 7) is 0. The van der Waals surface area contributed by atoms with Gasteiger partial charge in [-0.1, -0.05) is 0 Å². The van der Waals surface area contributed by atoms with E-state index in [9.17, 15) is 0 Å². The van der Waals surface area contributed by atoms with Gasteiger partial charge in [-0.3, -0.25) is 0 Å². The molecule has 2 heterocycles. The number of nitrogens with one attached hydrogen (secondary N) is 1. The molecule has 2 aromatic rings. The third-order valence-corrected chi connectivity index (χ3v) is 3.23. The van der Waals surface area contributed by atoms with Gasteiger partial charge in [0.05, 0.1) is 4.47 Å². The van der Waals surface area contributed by atoms with Crippen molar-refractivity contribution in [3.63, 3.8) is 0 Å². The maximum atomic E-state index is 4.21. The van der Waals surface area contributed by atoms with E-state index in [1.807, 2.05) is 12.1 Å². The van der Waals surface area contributed by atoms with Crippen LogP contribution in [0.5, 0.6) is 0 Å². The highest BCUT2D eigenvalue weighted by Crippen LogP contribution is 2.28. The smallest absolute Gasteiger partial charge is 0.171 e. The van der Waals surface area contributed by atoms with E-state index in [0.29, 0.717) is 0 Å². The highest BCUT2D eigenvalue weighted by atomic mass is 79.9. The van der Waals surface area contributed by atoms with Gasteiger partial charge in [0.25, 0.3) is 0 Å². The number of halogens is 1. The van der Waals surface area contributed by atoms with Crippen molar-refractivity contribution in [1.82, 2.24) is 15.0 Å². The molecule has 2 rings (SSSR count). The number of hydrogen-bond acceptors (Lipinski definition) is 3. The molecule has 0 unspecified atom stereocenters. The molecule has 3 nitrogen and oxygen atoms in total. The molecule has 0 saturated heterocycles. The Morgan fingerprint density at radius 2 is 2.23 bits per heavy atom. The predicted molar refractivity (Wildman–Crippen MR) is 54.6 cm³/mol. The van der Waals surface area contributed by atoms with Gasteiger partial charge in [-0.25, -0.2) is 9.97 Å². The highest BCUT2D eigenvalue weighted by Gasteiger charge is 2.03. The fourth-order valence-electron chi connectivity index (χ4n) is 0.844. The molecule has 1 N–H and O–H groups in total. The van der Waals surface area contributed by atoms with Gasteiger partial charge in [0.2, 0.25) is 0 Å². The number of pyridine rings is 1. The lowest BCUT2D eigenvalue weighted by Gasteiger charge is -1.98. The highest BCUT2D eigenvalue weighted by molar-refractivity contribution is 9.10. The van der Waals surface area contributed by atoms with Crippen LogP contribution in [0.1, 0.15) is 0 Å². The Balaban J connectivity index is 2.24. The van der Waals surface area contributed by atoms with Crippen LogP contribution in [-0.4, -0.2) is 15.0 Å². The first-order valence-electron chi connectivity index (χ1n) is 3.64. The van der Waals surface area contributed by atoms with E-state index in [1.54, 1.807) is 18.6 Å². The molecule has 0 aliphatic heterocycles. The number of hydrogen-bond donors (Lipinski definition) is 1. The molecule has 5 heteroatoms. The molecular formula is C8H6BrN3S. The molecule has 0 spiro atoms. The van der Waals surface area contributed by atoms with Crippen LogP contribution in [0.25, 0.3) is 0 Å². The number of nitrogens with zero attached hydrogens (tertiary/aromatic N) is 2. The minimum atomic E-state index is 0.847. The van der Waals surface area contributed by atoms with Gasteiger partial charge in [0, 0.05) is 18.6 Å². The molecule has 0 saturated carbocycles. The van der Waals surface area contributed by atoms with Gasteiger partial charge in [-0.05, 0) is 39.8 Å². The Kier molecular flexibility index (Phi) is 2.65. The second kappa shape index (κ2) is 3.93. The van der Waals surface area contributed by atoms with Gasteiger partial charge >= 0.3 is 0 Å². The fraction of sp³-hybridized carbons (Fsp3) is 0. The monoisotopic (exact) mass is 255 g/mol. The number of imidazole rings is 1. The summed E-state index contributed by atoms with van der Waals surface area (Å²) in [6, 6.07) is 3.84. The van der Waals surface area contributed by atoms with Crippen LogP contribution >= 0.6 is 27.7 Å². The number of H-pyrrole nitrogens is 1. The Morgan fingerprint density at radius 1 is 1.31 bits per heavy atom. The van der Waals surface area contributed by atoms with Crippen molar-refractivity contribution in [2.75, 3.05) is 0 Å². The Morgan fingerprint density at radius 3 is 2.92 bits per heavy atom. The summed E-state index contributed by atoms with van der Waals surface area (Å²) in [5, 5.41) is 1.76. The van der Waals surface area contributed by atoms with Crippen LogP contribution in [0.3, 0.4) is 0 Å². The summed E-state index contributed by atoms with van der Waals surface area (Å²) in [5.74, 6) is 0. The van der Waals surface area contributed by atoms with Crippen molar-refractivity contribution in [2.24, 2.45) is 0 Å². The molecule has 66 valence electrons. The van der Waals surface area contributed by atoms with Crippen LogP contribution in [0, 0.1) is 0 Å². The molecule has 0 atom stereocenters. The molecule has 0 fully saturated rings. The normalized spacial score (nSPS) is 10.2. The SMILES string of the molecule is Brc1cccnc1Sc1ncc[nH]1. The van der Waals surface area contributed by atoms with Gasteiger partial charge in [-0.2, -0.15) is 0 Å². The molecular weight excluding hydrogens is 250 g/mol. The third-order valence-electron chi connectivity index (χ3n) is 1.39. The van der Waals surface area contributed by atoms with E-state index < -0.39 is 0 Å². The van der Waals surface area contributed by atoms with Gasteiger partial charge in [0.15, 0.2) is 5.16 Å². The van der Waals surface area contributed by atoms with Crippen LogP contribution in [0.2, 0.25) is 0 Å². The molecule has 0 radical (unpaired) electrons. The fourth-order valence-corrected chi connectivity index (χ4v) is 2.05. The summed E-state index contributed by atoms with van der Waals surface area (Å²) in [4.78, 5) is 11.3. The van der Waals surface area contributed by atoms with Crippen molar-refractivity contribution in [3.8, 4) is 0 Å². The number of aromatic nitrogens is 3. The van der Waals surface area contributed by atoms with Crippen molar-refractivity contribution >= 4 is 27.7 Å². The first-order chi connectivity index (χ1) is 6.36. The average Bonchev–Trinajstić information content (AvgIpc) is 2.61.